The molecule has 0 bridgehead atoms. The minimum absolute atomic E-state index is 0.0313. The van der Waals surface area contributed by atoms with Crippen molar-refractivity contribution in [3.05, 3.63) is 99.6 Å². The van der Waals surface area contributed by atoms with Crippen molar-refractivity contribution in [3.63, 3.8) is 0 Å². The predicted molar refractivity (Wildman–Crippen MR) is 121 cm³/mol. The monoisotopic (exact) mass is 414 g/mol. The van der Waals surface area contributed by atoms with Crippen LogP contribution >= 0.6 is 0 Å². The average Bonchev–Trinajstić information content (AvgIpc) is 3.11. The maximum atomic E-state index is 12.8. The number of aromatic nitrogens is 2. The number of nitrogens with zero attached hydrogens (tertiary/aromatic N) is 2. The SMILES string of the molecule is COc1ccc(Cn2cccc(C(=O)N/N=C\c3c(C)[nH]c4ccccc34)c2=O)cc1. The molecular formula is C24H22N4O3. The number of hydrogen-bond donors (Lipinski definition) is 2. The van der Waals surface area contributed by atoms with Gasteiger partial charge in [-0.15, -0.1) is 0 Å². The summed E-state index contributed by atoms with van der Waals surface area (Å²) in [7, 11) is 1.60. The highest BCUT2D eigenvalue weighted by molar-refractivity contribution is 6.01. The van der Waals surface area contributed by atoms with E-state index in [0.717, 1.165) is 33.5 Å². The normalized spacial score (nSPS) is 11.2. The number of rotatable bonds is 6. The van der Waals surface area contributed by atoms with E-state index in [4.69, 9.17) is 4.74 Å². The summed E-state index contributed by atoms with van der Waals surface area (Å²) in [5.41, 5.74) is 5.87. The number of pyridine rings is 1. The number of methoxy groups -OCH3 is 1. The number of hydrazone groups is 1. The van der Waals surface area contributed by atoms with Crippen LogP contribution in [0.4, 0.5) is 0 Å². The van der Waals surface area contributed by atoms with Crippen LogP contribution in [0, 0.1) is 6.92 Å². The molecule has 7 nitrogen and oxygen atoms in total. The van der Waals surface area contributed by atoms with Crippen molar-refractivity contribution in [2.75, 3.05) is 7.11 Å². The molecular weight excluding hydrogens is 392 g/mol. The lowest BCUT2D eigenvalue weighted by Gasteiger charge is -2.08. The van der Waals surface area contributed by atoms with Gasteiger partial charge in [-0.1, -0.05) is 30.3 Å². The number of aromatic amines is 1. The third-order valence-electron chi connectivity index (χ3n) is 5.08. The molecule has 0 unspecified atom stereocenters. The number of benzene rings is 2. The topological polar surface area (TPSA) is 88.5 Å². The fraction of sp³-hybridized carbons (Fsp3) is 0.125. The van der Waals surface area contributed by atoms with Crippen molar-refractivity contribution in [3.8, 4) is 5.75 Å². The second kappa shape index (κ2) is 8.71. The smallest absolute Gasteiger partial charge is 0.276 e. The number of ether oxygens (including phenoxy) is 1. The van der Waals surface area contributed by atoms with Crippen molar-refractivity contribution < 1.29 is 9.53 Å². The first kappa shape index (κ1) is 20.2. The Kier molecular flexibility index (Phi) is 5.66. The summed E-state index contributed by atoms with van der Waals surface area (Å²) in [5, 5.41) is 5.08. The molecule has 4 rings (SSSR count). The summed E-state index contributed by atoms with van der Waals surface area (Å²) in [5.74, 6) is 0.190. The first-order valence-electron chi connectivity index (χ1n) is 9.80. The van der Waals surface area contributed by atoms with E-state index < -0.39 is 5.91 Å². The lowest BCUT2D eigenvalue weighted by molar-refractivity contribution is 0.0953. The van der Waals surface area contributed by atoms with Gasteiger partial charge in [-0.3, -0.25) is 9.59 Å². The molecule has 2 heterocycles. The molecule has 0 aliphatic rings. The van der Waals surface area contributed by atoms with E-state index in [1.807, 2.05) is 55.5 Å². The zero-order valence-corrected chi connectivity index (χ0v) is 17.3. The largest absolute Gasteiger partial charge is 0.497 e. The summed E-state index contributed by atoms with van der Waals surface area (Å²) in [6.45, 7) is 2.29. The van der Waals surface area contributed by atoms with Crippen LogP contribution in [0.3, 0.4) is 0 Å². The highest BCUT2D eigenvalue weighted by Crippen LogP contribution is 2.19. The van der Waals surface area contributed by atoms with E-state index in [0.29, 0.717) is 6.54 Å². The average molecular weight is 414 g/mol. The van der Waals surface area contributed by atoms with Crippen LogP contribution in [0.25, 0.3) is 10.9 Å². The number of nitrogens with one attached hydrogen (secondary N) is 2. The standard InChI is InChI=1S/C24H22N4O3/c1-16-21(19-6-3-4-8-22(19)26-16)14-25-27-23(29)20-7-5-13-28(24(20)30)15-17-9-11-18(31-2)12-10-17/h3-14,26H,15H2,1-2H3,(H,27,29)/b25-14-. The van der Waals surface area contributed by atoms with Gasteiger partial charge in [0.25, 0.3) is 11.5 Å². The molecule has 0 atom stereocenters. The van der Waals surface area contributed by atoms with Crippen LogP contribution in [-0.2, 0) is 6.54 Å². The van der Waals surface area contributed by atoms with Crippen LogP contribution in [0.5, 0.6) is 5.75 Å². The van der Waals surface area contributed by atoms with Gasteiger partial charge >= 0.3 is 0 Å². The number of hydrogen-bond acceptors (Lipinski definition) is 4. The molecule has 0 fully saturated rings. The lowest BCUT2D eigenvalue weighted by atomic mass is 10.1. The van der Waals surface area contributed by atoms with Crippen LogP contribution in [0.1, 0.15) is 27.2 Å². The van der Waals surface area contributed by atoms with Crippen LogP contribution in [0.2, 0.25) is 0 Å². The molecule has 7 heteroatoms. The van der Waals surface area contributed by atoms with E-state index in [-0.39, 0.29) is 11.1 Å². The number of amides is 1. The number of fused-ring (bicyclic) bond motifs is 1. The minimum Gasteiger partial charge on any atom is -0.497 e. The van der Waals surface area contributed by atoms with Gasteiger partial charge in [-0.2, -0.15) is 5.10 Å². The second-order valence-electron chi connectivity index (χ2n) is 7.11. The minimum atomic E-state index is -0.553. The van der Waals surface area contributed by atoms with Crippen molar-refractivity contribution in [1.82, 2.24) is 15.0 Å². The number of carbonyl (C=O) groups is 1. The van der Waals surface area contributed by atoms with Gasteiger partial charge in [0.15, 0.2) is 0 Å². The number of para-hydroxylation sites is 1. The van der Waals surface area contributed by atoms with Gasteiger partial charge in [0.05, 0.1) is 19.9 Å². The predicted octanol–water partition coefficient (Wildman–Crippen LogP) is 3.46. The molecule has 2 N–H and O–H groups in total. The maximum absolute atomic E-state index is 12.8. The molecule has 0 spiro atoms. The van der Waals surface area contributed by atoms with Crippen LogP contribution in [0.15, 0.2) is 76.8 Å². The molecule has 2 aromatic carbocycles. The number of H-pyrrole nitrogens is 1. The number of aryl methyl sites for hydroxylation is 1. The summed E-state index contributed by atoms with van der Waals surface area (Å²) < 4.78 is 6.64. The van der Waals surface area contributed by atoms with Crippen LogP contribution in [-0.4, -0.2) is 28.8 Å². The van der Waals surface area contributed by atoms with E-state index in [9.17, 15) is 9.59 Å². The molecule has 0 radical (unpaired) electrons. The highest BCUT2D eigenvalue weighted by Gasteiger charge is 2.12. The molecule has 31 heavy (non-hydrogen) atoms. The molecule has 0 aliphatic carbocycles. The van der Waals surface area contributed by atoms with Gasteiger partial charge in [-0.25, -0.2) is 5.43 Å². The van der Waals surface area contributed by atoms with Crippen molar-refractivity contribution in [2.24, 2.45) is 5.10 Å². The van der Waals surface area contributed by atoms with Crippen LogP contribution < -0.4 is 15.7 Å². The molecule has 156 valence electrons. The number of carbonyl (C=O) groups excluding carboxylic acids is 1. The van der Waals surface area contributed by atoms with Gasteiger partial charge in [0, 0.05) is 28.4 Å². The zero-order valence-electron chi connectivity index (χ0n) is 17.3. The molecule has 0 aliphatic heterocycles. The summed E-state index contributed by atoms with van der Waals surface area (Å²) >= 11 is 0. The first-order chi connectivity index (χ1) is 15.1. The Morgan fingerprint density at radius 1 is 1.13 bits per heavy atom. The molecule has 0 saturated heterocycles. The van der Waals surface area contributed by atoms with Gasteiger partial charge < -0.3 is 14.3 Å². The third kappa shape index (κ3) is 4.25. The van der Waals surface area contributed by atoms with Crippen molar-refractivity contribution in [1.29, 1.82) is 0 Å². The van der Waals surface area contributed by atoms with E-state index in [1.165, 1.54) is 10.6 Å². The Balaban J connectivity index is 1.51. The lowest BCUT2D eigenvalue weighted by Crippen LogP contribution is -2.30. The Bertz CT molecular complexity index is 1320. The first-order valence-corrected chi connectivity index (χ1v) is 9.80. The fourth-order valence-corrected chi connectivity index (χ4v) is 3.44. The van der Waals surface area contributed by atoms with E-state index in [1.54, 1.807) is 25.6 Å². The molecule has 1 amide bonds. The van der Waals surface area contributed by atoms with E-state index in [2.05, 4.69) is 15.5 Å². The Morgan fingerprint density at radius 2 is 1.90 bits per heavy atom. The zero-order chi connectivity index (χ0) is 21.8. The van der Waals surface area contributed by atoms with Gasteiger partial charge in [0.1, 0.15) is 11.3 Å². The fourth-order valence-electron chi connectivity index (χ4n) is 3.44. The van der Waals surface area contributed by atoms with Gasteiger partial charge in [0.2, 0.25) is 0 Å². The summed E-state index contributed by atoms with van der Waals surface area (Å²) in [6.07, 6.45) is 3.24. The van der Waals surface area contributed by atoms with E-state index >= 15 is 0 Å². The molecule has 0 saturated carbocycles. The van der Waals surface area contributed by atoms with Crippen molar-refractivity contribution in [2.45, 2.75) is 13.5 Å². The highest BCUT2D eigenvalue weighted by atomic mass is 16.5. The Hall–Kier alpha value is -4.13. The summed E-state index contributed by atoms with van der Waals surface area (Å²) in [6, 6.07) is 18.5. The summed E-state index contributed by atoms with van der Waals surface area (Å²) in [4.78, 5) is 28.6. The van der Waals surface area contributed by atoms with Gasteiger partial charge in [-0.05, 0) is 42.8 Å². The quantitative estimate of drug-likeness (QED) is 0.374. The third-order valence-corrected chi connectivity index (χ3v) is 5.08. The molecule has 4 aromatic rings. The van der Waals surface area contributed by atoms with Crippen molar-refractivity contribution >= 4 is 23.0 Å². The maximum Gasteiger partial charge on any atom is 0.276 e. The Labute approximate surface area is 179 Å². The second-order valence-corrected chi connectivity index (χ2v) is 7.11. The Morgan fingerprint density at radius 3 is 2.68 bits per heavy atom. The molecule has 2 aromatic heterocycles.